The van der Waals surface area contributed by atoms with Crippen molar-refractivity contribution in [2.75, 3.05) is 20.3 Å². The molecule has 1 aromatic rings. The molecule has 0 unspecified atom stereocenters. The van der Waals surface area contributed by atoms with E-state index in [-0.39, 0.29) is 36.5 Å². The molecule has 0 aliphatic carbocycles. The molecule has 0 spiro atoms. The van der Waals surface area contributed by atoms with Crippen LogP contribution in [0.25, 0.3) is 0 Å². The summed E-state index contributed by atoms with van der Waals surface area (Å²) in [4.78, 5) is 25.1. The molecule has 2 heterocycles. The van der Waals surface area contributed by atoms with Crippen LogP contribution in [-0.2, 0) is 39.7 Å². The molecular weight excluding hydrogens is 508 g/mol. The van der Waals surface area contributed by atoms with Crippen LogP contribution in [0.15, 0.2) is 41.7 Å². The van der Waals surface area contributed by atoms with Crippen molar-refractivity contribution in [3.05, 3.63) is 47.2 Å². The molecule has 210 valence electrons. The Bertz CT molecular complexity index is 1050. The number of carbonyl (C=O) groups is 2. The van der Waals surface area contributed by atoms with Crippen molar-refractivity contribution in [3.63, 3.8) is 0 Å². The fraction of sp³-hybridized carbons (Fsp3) is 0.520. The molecule has 13 nitrogen and oxygen atoms in total. The Hall–Kier alpha value is -3.20. The summed E-state index contributed by atoms with van der Waals surface area (Å²) in [6.07, 6.45) is -6.39. The average molecular weight is 541 g/mol. The Balaban J connectivity index is 1.71. The quantitative estimate of drug-likeness (QED) is 0.131. The minimum absolute atomic E-state index is 0.00894. The molecule has 38 heavy (non-hydrogen) atoms. The lowest BCUT2D eigenvalue weighted by Gasteiger charge is -2.41. The lowest BCUT2D eigenvalue weighted by Crippen LogP contribution is -2.60. The minimum Gasteiger partial charge on any atom is -0.504 e. The number of methoxy groups -OCH3 is 1. The van der Waals surface area contributed by atoms with Gasteiger partial charge in [0.15, 0.2) is 17.8 Å². The van der Waals surface area contributed by atoms with Gasteiger partial charge in [-0.25, -0.2) is 4.79 Å². The maximum Gasteiger partial charge on any atom is 0.337 e. The van der Waals surface area contributed by atoms with Gasteiger partial charge in [-0.15, -0.1) is 0 Å². The number of aliphatic hydroxyl groups excluding tert-OH is 4. The Morgan fingerprint density at radius 1 is 1.08 bits per heavy atom. The van der Waals surface area contributed by atoms with Gasteiger partial charge in [0.2, 0.25) is 6.29 Å². The van der Waals surface area contributed by atoms with E-state index in [1.807, 2.05) is 0 Å². The van der Waals surface area contributed by atoms with E-state index in [0.29, 0.717) is 11.1 Å². The highest BCUT2D eigenvalue weighted by Gasteiger charge is 2.46. The molecule has 6 N–H and O–H groups in total. The molecule has 2 aliphatic heterocycles. The summed E-state index contributed by atoms with van der Waals surface area (Å²) in [6.45, 7) is 0.912. The minimum atomic E-state index is -1.69. The van der Waals surface area contributed by atoms with Crippen LogP contribution < -0.4 is 0 Å². The van der Waals surface area contributed by atoms with E-state index < -0.39 is 61.5 Å². The second-order valence-corrected chi connectivity index (χ2v) is 8.71. The summed E-state index contributed by atoms with van der Waals surface area (Å²) in [5, 5.41) is 58.8. The number of rotatable bonds is 9. The molecule has 0 saturated carbocycles. The first-order valence-corrected chi connectivity index (χ1v) is 11.8. The van der Waals surface area contributed by atoms with Crippen molar-refractivity contribution in [1.29, 1.82) is 0 Å². The van der Waals surface area contributed by atoms with Crippen LogP contribution in [0.4, 0.5) is 0 Å². The largest absolute Gasteiger partial charge is 0.504 e. The zero-order chi connectivity index (χ0) is 28.0. The summed E-state index contributed by atoms with van der Waals surface area (Å²) in [5.74, 6) is -2.89. The van der Waals surface area contributed by atoms with E-state index in [0.717, 1.165) is 13.4 Å². The fourth-order valence-corrected chi connectivity index (χ4v) is 4.16. The first-order valence-electron chi connectivity index (χ1n) is 11.8. The second kappa shape index (κ2) is 13.0. The Morgan fingerprint density at radius 2 is 1.82 bits per heavy atom. The van der Waals surface area contributed by atoms with Crippen molar-refractivity contribution in [3.8, 4) is 11.5 Å². The van der Waals surface area contributed by atoms with Crippen LogP contribution in [0.2, 0.25) is 0 Å². The molecular formula is C25H32O13. The molecule has 2 aliphatic rings. The maximum atomic E-state index is 12.7. The van der Waals surface area contributed by atoms with Gasteiger partial charge in [0, 0.05) is 17.9 Å². The van der Waals surface area contributed by atoms with Gasteiger partial charge in [-0.3, -0.25) is 4.79 Å². The summed E-state index contributed by atoms with van der Waals surface area (Å²) in [5.41, 5.74) is 0.927. The van der Waals surface area contributed by atoms with E-state index in [1.165, 1.54) is 12.1 Å². The third-order valence-electron chi connectivity index (χ3n) is 6.29. The lowest BCUT2D eigenvalue weighted by atomic mass is 9.86. The topological polar surface area (TPSA) is 202 Å². The normalized spacial score (nSPS) is 30.3. The molecule has 0 radical (unpaired) electrons. The first-order chi connectivity index (χ1) is 18.1. The monoisotopic (exact) mass is 540 g/mol. The van der Waals surface area contributed by atoms with Crippen LogP contribution in [-0.4, -0.2) is 99.9 Å². The summed E-state index contributed by atoms with van der Waals surface area (Å²) >= 11 is 0. The molecule has 0 amide bonds. The predicted molar refractivity (Wildman–Crippen MR) is 126 cm³/mol. The maximum absolute atomic E-state index is 12.7. The third kappa shape index (κ3) is 6.62. The van der Waals surface area contributed by atoms with Gasteiger partial charge >= 0.3 is 11.9 Å². The average Bonchev–Trinajstić information content (AvgIpc) is 2.90. The molecule has 1 aromatic carbocycles. The second-order valence-electron chi connectivity index (χ2n) is 8.71. The zero-order valence-electron chi connectivity index (χ0n) is 20.8. The van der Waals surface area contributed by atoms with Crippen molar-refractivity contribution in [2.24, 2.45) is 5.92 Å². The van der Waals surface area contributed by atoms with Crippen LogP contribution in [0.1, 0.15) is 18.9 Å². The van der Waals surface area contributed by atoms with Crippen molar-refractivity contribution in [2.45, 2.75) is 56.8 Å². The van der Waals surface area contributed by atoms with Gasteiger partial charge in [0.1, 0.15) is 24.4 Å². The fourth-order valence-electron chi connectivity index (χ4n) is 4.16. The molecule has 3 rings (SSSR count). The SMILES string of the molecule is CC=C1[C@@H](O[C@@H]2O[C@H](CO)[C@@H](O)[C@H](O)[C@H]2O)OC=C(C(=O)OC)[C@H]1CC(=O)OCCc1ccc(O)c(O)c1. The Kier molecular flexibility index (Phi) is 10.1. The van der Waals surface area contributed by atoms with Crippen molar-refractivity contribution >= 4 is 11.9 Å². The number of hydrogen-bond acceptors (Lipinski definition) is 13. The molecule has 13 heteroatoms. The van der Waals surface area contributed by atoms with Crippen LogP contribution >= 0.6 is 0 Å². The molecule has 1 saturated heterocycles. The van der Waals surface area contributed by atoms with Gasteiger partial charge in [-0.05, 0) is 24.6 Å². The summed E-state index contributed by atoms with van der Waals surface area (Å²) in [6, 6.07) is 4.23. The standard InChI is InChI=1S/C25H32O13/c1-3-13-14(9-19(29)35-7-6-12-4-5-16(27)17(28)8-12)15(23(33)34-2)11-36-24(13)38-25-22(32)21(31)20(30)18(10-26)37-25/h3-5,8,11,14,18,20-22,24-28,30-32H,6-7,9-10H2,1-2H3/t14-,18+,20+,21-,22+,24+,25-/m0/s1. The van der Waals surface area contributed by atoms with Gasteiger partial charge in [-0.2, -0.15) is 0 Å². The third-order valence-corrected chi connectivity index (χ3v) is 6.29. The van der Waals surface area contributed by atoms with E-state index >= 15 is 0 Å². The number of aliphatic hydroxyl groups is 4. The number of hydrogen-bond donors (Lipinski definition) is 6. The van der Waals surface area contributed by atoms with Crippen LogP contribution in [0.5, 0.6) is 11.5 Å². The number of phenolic OH excluding ortho intramolecular Hbond substituents is 2. The molecule has 7 atom stereocenters. The van der Waals surface area contributed by atoms with E-state index in [2.05, 4.69) is 0 Å². The Labute approximate surface area is 218 Å². The summed E-state index contributed by atoms with van der Waals surface area (Å²) < 4.78 is 26.7. The number of aromatic hydroxyl groups is 2. The first kappa shape index (κ1) is 29.4. The van der Waals surface area contributed by atoms with E-state index in [4.69, 9.17) is 23.7 Å². The van der Waals surface area contributed by atoms with Gasteiger partial charge in [0.25, 0.3) is 0 Å². The predicted octanol–water partition coefficient (Wildman–Crippen LogP) is -0.634. The van der Waals surface area contributed by atoms with Gasteiger partial charge < -0.3 is 54.3 Å². The molecule has 1 fully saturated rings. The highest BCUT2D eigenvalue weighted by Crippen LogP contribution is 2.36. The highest BCUT2D eigenvalue weighted by molar-refractivity contribution is 5.90. The Morgan fingerprint density at radius 3 is 2.45 bits per heavy atom. The number of ether oxygens (including phenoxy) is 5. The number of benzene rings is 1. The highest BCUT2D eigenvalue weighted by atomic mass is 16.8. The van der Waals surface area contributed by atoms with Crippen molar-refractivity contribution < 1.29 is 63.9 Å². The smallest absolute Gasteiger partial charge is 0.337 e. The van der Waals surface area contributed by atoms with Gasteiger partial charge in [0.05, 0.1) is 38.6 Å². The van der Waals surface area contributed by atoms with E-state index in [1.54, 1.807) is 19.1 Å². The lowest BCUT2D eigenvalue weighted by molar-refractivity contribution is -0.327. The van der Waals surface area contributed by atoms with Crippen molar-refractivity contribution in [1.82, 2.24) is 0 Å². The van der Waals surface area contributed by atoms with Crippen LogP contribution in [0, 0.1) is 5.92 Å². The van der Waals surface area contributed by atoms with Gasteiger partial charge in [-0.1, -0.05) is 12.1 Å². The molecule has 0 bridgehead atoms. The molecule has 0 aromatic heterocycles. The van der Waals surface area contributed by atoms with Crippen LogP contribution in [0.3, 0.4) is 0 Å². The number of carbonyl (C=O) groups excluding carboxylic acids is 2. The summed E-state index contributed by atoms with van der Waals surface area (Å²) in [7, 11) is 1.16. The number of allylic oxidation sites excluding steroid dienone is 1. The van der Waals surface area contributed by atoms with E-state index in [9.17, 15) is 40.2 Å². The number of esters is 2. The zero-order valence-corrected chi connectivity index (χ0v) is 20.8. The number of phenols is 2.